The minimum Gasteiger partial charge on any atom is -0.497 e. The van der Waals surface area contributed by atoms with Gasteiger partial charge in [0.25, 0.3) is 0 Å². The number of hydrogen-bond acceptors (Lipinski definition) is 5. The van der Waals surface area contributed by atoms with Crippen molar-refractivity contribution in [2.45, 2.75) is 18.9 Å². The van der Waals surface area contributed by atoms with Crippen LogP contribution in [0.15, 0.2) is 72.8 Å². The molecule has 1 aromatic heterocycles. The molecular weight excluding hydrogens is 456 g/mol. The first-order chi connectivity index (χ1) is 17.5. The summed E-state index contributed by atoms with van der Waals surface area (Å²) in [5.74, 6) is 1.68. The van der Waals surface area contributed by atoms with Crippen LogP contribution in [0.25, 0.3) is 11.0 Å². The molecule has 0 aliphatic carbocycles. The van der Waals surface area contributed by atoms with Gasteiger partial charge in [0.15, 0.2) is 0 Å². The van der Waals surface area contributed by atoms with Crippen molar-refractivity contribution in [1.82, 2.24) is 9.55 Å². The van der Waals surface area contributed by atoms with E-state index in [0.717, 1.165) is 22.5 Å². The zero-order valence-electron chi connectivity index (χ0n) is 20.5. The fraction of sp³-hybridized carbons (Fsp3) is 0.250. The highest BCUT2D eigenvalue weighted by Gasteiger charge is 2.36. The Hall–Kier alpha value is -4.33. The van der Waals surface area contributed by atoms with E-state index in [9.17, 15) is 9.59 Å². The van der Waals surface area contributed by atoms with Crippen molar-refractivity contribution in [3.8, 4) is 11.5 Å². The molecular formula is C28H28N4O4. The molecule has 2 amide bonds. The number of carbonyl (C=O) groups excluding carboxylic acids is 2. The largest absolute Gasteiger partial charge is 0.497 e. The van der Waals surface area contributed by atoms with Crippen LogP contribution in [0.5, 0.6) is 11.5 Å². The van der Waals surface area contributed by atoms with E-state index in [4.69, 9.17) is 14.5 Å². The third-order valence-electron chi connectivity index (χ3n) is 6.66. The van der Waals surface area contributed by atoms with Crippen LogP contribution in [0.4, 0.5) is 11.4 Å². The number of amides is 2. The summed E-state index contributed by atoms with van der Waals surface area (Å²) in [6, 6.07) is 22.7. The molecule has 0 N–H and O–H groups in total. The average Bonchev–Trinajstić information content (AvgIpc) is 3.48. The summed E-state index contributed by atoms with van der Waals surface area (Å²) in [5.41, 5.74) is 3.15. The molecule has 0 bridgehead atoms. The zero-order chi connectivity index (χ0) is 25.2. The number of benzene rings is 3. The first kappa shape index (κ1) is 23.4. The van der Waals surface area contributed by atoms with Crippen molar-refractivity contribution in [1.29, 1.82) is 0 Å². The van der Waals surface area contributed by atoms with E-state index in [1.165, 1.54) is 0 Å². The molecule has 1 atom stereocenters. The molecule has 1 aliphatic heterocycles. The highest BCUT2D eigenvalue weighted by atomic mass is 16.5. The molecule has 8 heteroatoms. The van der Waals surface area contributed by atoms with Crippen molar-refractivity contribution < 1.29 is 19.1 Å². The molecule has 8 nitrogen and oxygen atoms in total. The Bertz CT molecular complexity index is 1420. The predicted molar refractivity (Wildman–Crippen MR) is 139 cm³/mol. The first-order valence-electron chi connectivity index (χ1n) is 11.8. The standard InChI is InChI=1S/C28H28N4O4/c1-30(20-9-5-4-6-10-20)27(34)18-32-23-12-8-7-11-22(23)29-28(32)19-15-26(33)31(17-19)24-16-21(35-2)13-14-25(24)36-3/h4-14,16,19H,15,17-18H2,1-3H3. The number of aromatic nitrogens is 2. The van der Waals surface area contributed by atoms with Crippen molar-refractivity contribution in [2.24, 2.45) is 0 Å². The van der Waals surface area contributed by atoms with E-state index in [2.05, 4.69) is 0 Å². The number of fused-ring (bicyclic) bond motifs is 1. The lowest BCUT2D eigenvalue weighted by Gasteiger charge is -2.21. The van der Waals surface area contributed by atoms with E-state index in [1.807, 2.05) is 59.2 Å². The van der Waals surface area contributed by atoms with Gasteiger partial charge in [0.1, 0.15) is 23.9 Å². The first-order valence-corrected chi connectivity index (χ1v) is 11.8. The molecule has 2 heterocycles. The van der Waals surface area contributed by atoms with Gasteiger partial charge in [-0.1, -0.05) is 30.3 Å². The number of imidazole rings is 1. The second-order valence-corrected chi connectivity index (χ2v) is 8.78. The number of anilines is 2. The Balaban J connectivity index is 1.48. The molecule has 0 spiro atoms. The van der Waals surface area contributed by atoms with Gasteiger partial charge in [-0.3, -0.25) is 9.59 Å². The minimum atomic E-state index is -0.185. The van der Waals surface area contributed by atoms with Crippen molar-refractivity contribution in [2.75, 3.05) is 37.6 Å². The van der Waals surface area contributed by atoms with Gasteiger partial charge in [0.05, 0.1) is 30.9 Å². The van der Waals surface area contributed by atoms with Crippen molar-refractivity contribution >= 4 is 34.2 Å². The second kappa shape index (κ2) is 9.73. The van der Waals surface area contributed by atoms with Crippen LogP contribution in [0.3, 0.4) is 0 Å². The number of ether oxygens (including phenoxy) is 2. The van der Waals surface area contributed by atoms with Gasteiger partial charge in [-0.25, -0.2) is 4.98 Å². The molecule has 1 fully saturated rings. The SMILES string of the molecule is COc1ccc(OC)c(N2CC(c3nc4ccccc4n3CC(=O)N(C)c3ccccc3)CC2=O)c1. The Morgan fingerprint density at radius 3 is 2.53 bits per heavy atom. The number of para-hydroxylation sites is 3. The van der Waals surface area contributed by atoms with Gasteiger partial charge in [-0.15, -0.1) is 0 Å². The molecule has 1 aliphatic rings. The number of hydrogen-bond donors (Lipinski definition) is 0. The molecule has 1 unspecified atom stereocenters. The highest BCUT2D eigenvalue weighted by molar-refractivity contribution is 5.98. The highest BCUT2D eigenvalue weighted by Crippen LogP contribution is 2.39. The fourth-order valence-corrected chi connectivity index (χ4v) is 4.73. The summed E-state index contributed by atoms with van der Waals surface area (Å²) >= 11 is 0. The summed E-state index contributed by atoms with van der Waals surface area (Å²) in [5, 5.41) is 0. The van der Waals surface area contributed by atoms with E-state index in [-0.39, 0.29) is 30.7 Å². The van der Waals surface area contributed by atoms with Crippen LogP contribution in [-0.2, 0) is 16.1 Å². The van der Waals surface area contributed by atoms with Gasteiger partial charge in [0, 0.05) is 37.7 Å². The molecule has 0 saturated carbocycles. The second-order valence-electron chi connectivity index (χ2n) is 8.78. The smallest absolute Gasteiger partial charge is 0.246 e. The summed E-state index contributed by atoms with van der Waals surface area (Å²) in [6.45, 7) is 0.544. The maximum absolute atomic E-state index is 13.3. The lowest BCUT2D eigenvalue weighted by atomic mass is 10.1. The number of likely N-dealkylation sites (N-methyl/N-ethyl adjacent to an activating group) is 1. The number of carbonyl (C=O) groups is 2. The van der Waals surface area contributed by atoms with E-state index < -0.39 is 0 Å². The van der Waals surface area contributed by atoms with Gasteiger partial charge < -0.3 is 23.8 Å². The summed E-state index contributed by atoms with van der Waals surface area (Å²) in [4.78, 5) is 34.7. The zero-order valence-corrected chi connectivity index (χ0v) is 20.5. The average molecular weight is 485 g/mol. The van der Waals surface area contributed by atoms with Crippen LogP contribution < -0.4 is 19.3 Å². The molecule has 3 aromatic carbocycles. The molecule has 0 radical (unpaired) electrons. The number of nitrogens with zero attached hydrogens (tertiary/aromatic N) is 4. The third-order valence-corrected chi connectivity index (χ3v) is 6.66. The summed E-state index contributed by atoms with van der Waals surface area (Å²) in [7, 11) is 4.94. The molecule has 1 saturated heterocycles. The number of methoxy groups -OCH3 is 2. The maximum Gasteiger partial charge on any atom is 0.246 e. The lowest BCUT2D eigenvalue weighted by molar-refractivity contribution is -0.119. The lowest BCUT2D eigenvalue weighted by Crippen LogP contribution is -2.31. The quantitative estimate of drug-likeness (QED) is 0.392. The summed E-state index contributed by atoms with van der Waals surface area (Å²) in [6.07, 6.45) is 0.284. The topological polar surface area (TPSA) is 76.9 Å². The van der Waals surface area contributed by atoms with Gasteiger partial charge in [0.2, 0.25) is 11.8 Å². The Morgan fingerprint density at radius 2 is 1.78 bits per heavy atom. The van der Waals surface area contributed by atoms with E-state index in [1.54, 1.807) is 49.3 Å². The molecule has 5 rings (SSSR count). The van der Waals surface area contributed by atoms with E-state index >= 15 is 0 Å². The maximum atomic E-state index is 13.3. The Kier molecular flexibility index (Phi) is 6.33. The van der Waals surface area contributed by atoms with Crippen molar-refractivity contribution in [3.63, 3.8) is 0 Å². The molecule has 184 valence electrons. The van der Waals surface area contributed by atoms with Gasteiger partial charge >= 0.3 is 0 Å². The fourth-order valence-electron chi connectivity index (χ4n) is 4.73. The van der Waals surface area contributed by atoms with Gasteiger partial charge in [-0.05, 0) is 36.4 Å². The van der Waals surface area contributed by atoms with Gasteiger partial charge in [-0.2, -0.15) is 0 Å². The normalized spacial score (nSPS) is 15.4. The van der Waals surface area contributed by atoms with Crippen LogP contribution >= 0.6 is 0 Å². The third kappa shape index (κ3) is 4.26. The minimum absolute atomic E-state index is 0.0297. The molecule has 36 heavy (non-hydrogen) atoms. The van der Waals surface area contributed by atoms with Crippen LogP contribution in [0.1, 0.15) is 18.2 Å². The van der Waals surface area contributed by atoms with Crippen LogP contribution in [-0.4, -0.2) is 49.2 Å². The van der Waals surface area contributed by atoms with E-state index in [0.29, 0.717) is 23.7 Å². The summed E-state index contributed by atoms with van der Waals surface area (Å²) < 4.78 is 12.8. The monoisotopic (exact) mass is 484 g/mol. The van der Waals surface area contributed by atoms with Crippen molar-refractivity contribution in [3.05, 3.63) is 78.6 Å². The molecule has 4 aromatic rings. The Morgan fingerprint density at radius 1 is 1.03 bits per heavy atom. The van der Waals surface area contributed by atoms with Crippen LogP contribution in [0, 0.1) is 0 Å². The number of rotatable bonds is 7. The predicted octanol–water partition coefficient (Wildman–Crippen LogP) is 4.24. The van der Waals surface area contributed by atoms with Crippen LogP contribution in [0.2, 0.25) is 0 Å². The Labute approximate surface area is 209 Å².